The number of rotatable bonds is 6. The number of primary amides is 1. The summed E-state index contributed by atoms with van der Waals surface area (Å²) in [5.74, 6) is 1.56. The predicted molar refractivity (Wildman–Crippen MR) is 75.8 cm³/mol. The largest absolute Gasteiger partial charge is 0.370 e. The third-order valence-corrected chi connectivity index (χ3v) is 2.67. The second-order valence-corrected chi connectivity index (χ2v) is 4.32. The molecule has 3 N–H and O–H groups in total. The minimum Gasteiger partial charge on any atom is -0.370 e. The van der Waals surface area contributed by atoms with Crippen LogP contribution in [0.5, 0.6) is 0 Å². The van der Waals surface area contributed by atoms with Crippen LogP contribution >= 0.6 is 0 Å². The molecule has 0 aliphatic heterocycles. The molecule has 1 amide bonds. The van der Waals surface area contributed by atoms with E-state index in [2.05, 4.69) is 27.3 Å². The maximum Gasteiger partial charge on any atom is 0.269 e. The van der Waals surface area contributed by atoms with Crippen molar-refractivity contribution in [3.8, 4) is 5.82 Å². The van der Waals surface area contributed by atoms with Gasteiger partial charge in [0.1, 0.15) is 17.3 Å². The zero-order valence-electron chi connectivity index (χ0n) is 11.6. The Hall–Kier alpha value is -2.44. The highest BCUT2D eigenvalue weighted by molar-refractivity contribution is 5.90. The molecule has 0 saturated carbocycles. The van der Waals surface area contributed by atoms with Gasteiger partial charge >= 0.3 is 0 Å². The van der Waals surface area contributed by atoms with Crippen LogP contribution in [0.4, 0.5) is 5.82 Å². The number of hydrogen-bond donors (Lipinski definition) is 2. The van der Waals surface area contributed by atoms with E-state index in [-0.39, 0.29) is 5.69 Å². The van der Waals surface area contributed by atoms with E-state index in [9.17, 15) is 4.79 Å². The molecule has 2 heterocycles. The Morgan fingerprint density at radius 3 is 2.80 bits per heavy atom. The van der Waals surface area contributed by atoms with Crippen molar-refractivity contribution < 1.29 is 4.79 Å². The first kappa shape index (κ1) is 14.0. The van der Waals surface area contributed by atoms with Gasteiger partial charge in [-0.3, -0.25) is 4.79 Å². The quantitative estimate of drug-likeness (QED) is 0.823. The molecule has 0 fully saturated rings. The molecule has 0 bridgehead atoms. The Labute approximate surface area is 117 Å². The molecule has 2 aromatic rings. The van der Waals surface area contributed by atoms with Crippen LogP contribution in [-0.2, 0) is 6.42 Å². The van der Waals surface area contributed by atoms with Crippen molar-refractivity contribution in [1.82, 2.24) is 19.7 Å². The number of carbonyl (C=O) groups is 1. The van der Waals surface area contributed by atoms with E-state index < -0.39 is 5.91 Å². The third kappa shape index (κ3) is 3.11. The first-order valence-corrected chi connectivity index (χ1v) is 6.61. The van der Waals surface area contributed by atoms with Crippen molar-refractivity contribution in [1.29, 1.82) is 0 Å². The van der Waals surface area contributed by atoms with Gasteiger partial charge in [0.2, 0.25) is 0 Å². The van der Waals surface area contributed by atoms with Gasteiger partial charge in [-0.25, -0.2) is 14.6 Å². The van der Waals surface area contributed by atoms with E-state index in [1.807, 2.05) is 6.92 Å². The average Bonchev–Trinajstić information content (AvgIpc) is 2.89. The monoisotopic (exact) mass is 274 g/mol. The van der Waals surface area contributed by atoms with Crippen LogP contribution in [0.25, 0.3) is 5.82 Å². The predicted octanol–water partition coefficient (Wildman–Crippen LogP) is 1.15. The molecule has 0 aliphatic rings. The smallest absolute Gasteiger partial charge is 0.269 e. The molecule has 2 aromatic heterocycles. The maximum atomic E-state index is 11.1. The lowest BCUT2D eigenvalue weighted by atomic mass is 10.3. The van der Waals surface area contributed by atoms with Gasteiger partial charge < -0.3 is 11.1 Å². The molecule has 0 aromatic carbocycles. The summed E-state index contributed by atoms with van der Waals surface area (Å²) in [6.07, 6.45) is 3.41. The van der Waals surface area contributed by atoms with E-state index >= 15 is 0 Å². The minimum absolute atomic E-state index is 0.214. The van der Waals surface area contributed by atoms with Gasteiger partial charge in [0, 0.05) is 25.2 Å². The normalized spacial score (nSPS) is 10.5. The van der Waals surface area contributed by atoms with E-state index in [0.29, 0.717) is 5.82 Å². The highest BCUT2D eigenvalue weighted by Gasteiger charge is 2.09. The Balaban J connectivity index is 2.39. The molecule has 20 heavy (non-hydrogen) atoms. The summed E-state index contributed by atoms with van der Waals surface area (Å²) in [5.41, 5.74) is 5.41. The van der Waals surface area contributed by atoms with Crippen LogP contribution in [0.15, 0.2) is 18.3 Å². The Morgan fingerprint density at radius 2 is 2.20 bits per heavy atom. The summed E-state index contributed by atoms with van der Waals surface area (Å²) in [6, 6.07) is 3.36. The van der Waals surface area contributed by atoms with E-state index in [4.69, 9.17) is 5.73 Å². The second kappa shape index (κ2) is 6.14. The van der Waals surface area contributed by atoms with Crippen molar-refractivity contribution in [2.45, 2.75) is 26.7 Å². The molecular formula is C13H18N6O. The molecule has 0 unspecified atom stereocenters. The number of nitrogens with two attached hydrogens (primary N) is 1. The lowest BCUT2D eigenvalue weighted by Gasteiger charge is -2.08. The highest BCUT2D eigenvalue weighted by Crippen LogP contribution is 2.12. The summed E-state index contributed by atoms with van der Waals surface area (Å²) in [4.78, 5) is 20.0. The number of hydrogen-bond acceptors (Lipinski definition) is 5. The van der Waals surface area contributed by atoms with Crippen molar-refractivity contribution in [2.75, 3.05) is 11.9 Å². The van der Waals surface area contributed by atoms with E-state index in [1.165, 1.54) is 4.68 Å². The van der Waals surface area contributed by atoms with Gasteiger partial charge in [0.05, 0.1) is 0 Å². The fraction of sp³-hybridized carbons (Fsp3) is 0.385. The standard InChI is InChI=1S/C13H18N6O/c1-3-5-10-16-11(15-4-2)8-12(17-10)19-7-6-9(18-19)13(14)20/h6-8H,3-5H2,1-2H3,(H2,14,20)(H,15,16,17). The van der Waals surface area contributed by atoms with Crippen LogP contribution in [-0.4, -0.2) is 32.2 Å². The molecule has 0 radical (unpaired) electrons. The Morgan fingerprint density at radius 1 is 1.40 bits per heavy atom. The fourth-order valence-corrected chi connectivity index (χ4v) is 1.79. The topological polar surface area (TPSA) is 98.7 Å². The first-order valence-electron chi connectivity index (χ1n) is 6.61. The number of aromatic nitrogens is 4. The summed E-state index contributed by atoms with van der Waals surface area (Å²) in [5, 5.41) is 7.27. The van der Waals surface area contributed by atoms with Crippen LogP contribution in [0.3, 0.4) is 0 Å². The maximum absolute atomic E-state index is 11.1. The molecule has 7 nitrogen and oxygen atoms in total. The van der Waals surface area contributed by atoms with Gasteiger partial charge in [-0.05, 0) is 19.4 Å². The van der Waals surface area contributed by atoms with Crippen LogP contribution in [0, 0.1) is 0 Å². The lowest BCUT2D eigenvalue weighted by Crippen LogP contribution is -2.13. The molecular weight excluding hydrogens is 256 g/mol. The number of aryl methyl sites for hydroxylation is 1. The van der Waals surface area contributed by atoms with Gasteiger partial charge in [-0.15, -0.1) is 0 Å². The highest BCUT2D eigenvalue weighted by atomic mass is 16.1. The van der Waals surface area contributed by atoms with Gasteiger partial charge in [-0.2, -0.15) is 5.10 Å². The van der Waals surface area contributed by atoms with Crippen molar-refractivity contribution >= 4 is 11.7 Å². The first-order chi connectivity index (χ1) is 9.63. The molecule has 7 heteroatoms. The van der Waals surface area contributed by atoms with Crippen LogP contribution in [0.2, 0.25) is 0 Å². The summed E-state index contributed by atoms with van der Waals surface area (Å²) in [7, 11) is 0. The third-order valence-electron chi connectivity index (χ3n) is 2.67. The number of anilines is 1. The van der Waals surface area contributed by atoms with Gasteiger partial charge in [0.25, 0.3) is 5.91 Å². The number of amides is 1. The van der Waals surface area contributed by atoms with Crippen molar-refractivity contribution in [3.63, 3.8) is 0 Å². The van der Waals surface area contributed by atoms with E-state index in [0.717, 1.165) is 31.0 Å². The average molecular weight is 274 g/mol. The van der Waals surface area contributed by atoms with Gasteiger partial charge in [-0.1, -0.05) is 6.92 Å². The summed E-state index contributed by atoms with van der Waals surface area (Å²) < 4.78 is 1.53. The Bertz CT molecular complexity index is 582. The second-order valence-electron chi connectivity index (χ2n) is 4.32. The van der Waals surface area contributed by atoms with Crippen molar-refractivity contribution in [2.24, 2.45) is 5.73 Å². The minimum atomic E-state index is -0.557. The molecule has 0 atom stereocenters. The molecule has 0 spiro atoms. The number of carbonyl (C=O) groups excluding carboxylic acids is 1. The summed E-state index contributed by atoms with van der Waals surface area (Å²) >= 11 is 0. The van der Waals surface area contributed by atoms with E-state index in [1.54, 1.807) is 18.3 Å². The number of nitrogens with one attached hydrogen (secondary N) is 1. The Kier molecular flexibility index (Phi) is 4.29. The zero-order valence-corrected chi connectivity index (χ0v) is 11.6. The SMILES string of the molecule is CCCc1nc(NCC)cc(-n2ccc(C(N)=O)n2)n1. The molecule has 106 valence electrons. The zero-order chi connectivity index (χ0) is 14.5. The van der Waals surface area contributed by atoms with Gasteiger partial charge in [0.15, 0.2) is 5.82 Å². The van der Waals surface area contributed by atoms with Crippen molar-refractivity contribution in [3.05, 3.63) is 29.8 Å². The van der Waals surface area contributed by atoms with Crippen LogP contribution in [0.1, 0.15) is 36.6 Å². The lowest BCUT2D eigenvalue weighted by molar-refractivity contribution is 0.0995. The number of nitrogens with zero attached hydrogens (tertiary/aromatic N) is 4. The summed E-state index contributed by atoms with van der Waals surface area (Å²) in [6.45, 7) is 4.84. The van der Waals surface area contributed by atoms with Crippen LogP contribution < -0.4 is 11.1 Å². The molecule has 0 aliphatic carbocycles. The fourth-order valence-electron chi connectivity index (χ4n) is 1.79. The molecule has 2 rings (SSSR count). The molecule has 0 saturated heterocycles.